The molecule has 0 amide bonds. The van der Waals surface area contributed by atoms with Crippen LogP contribution in [0.1, 0.15) is 46.0 Å². The summed E-state index contributed by atoms with van der Waals surface area (Å²) in [6, 6.07) is 0.482. The van der Waals surface area contributed by atoms with Gasteiger partial charge in [-0.1, -0.05) is 6.92 Å². The van der Waals surface area contributed by atoms with Crippen molar-refractivity contribution in [3.8, 4) is 0 Å². The highest BCUT2D eigenvalue weighted by molar-refractivity contribution is 6.02. The second-order valence-corrected chi connectivity index (χ2v) is 5.50. The van der Waals surface area contributed by atoms with E-state index >= 15 is 0 Å². The molecule has 3 atom stereocenters. The zero-order valence-electron chi connectivity index (χ0n) is 10.9. The van der Waals surface area contributed by atoms with E-state index in [4.69, 9.17) is 0 Å². The van der Waals surface area contributed by atoms with Crippen LogP contribution in [-0.4, -0.2) is 35.6 Å². The second-order valence-electron chi connectivity index (χ2n) is 5.50. The van der Waals surface area contributed by atoms with Gasteiger partial charge in [0.15, 0.2) is 0 Å². The first kappa shape index (κ1) is 12.7. The molecule has 3 heteroatoms. The highest BCUT2D eigenvalue weighted by Gasteiger charge is 2.44. The van der Waals surface area contributed by atoms with Crippen LogP contribution in [0, 0.1) is 11.8 Å². The minimum absolute atomic E-state index is 0.0862. The maximum atomic E-state index is 11.9. The molecule has 2 rings (SSSR count). The lowest BCUT2D eigenvalue weighted by Crippen LogP contribution is -2.53. The van der Waals surface area contributed by atoms with Gasteiger partial charge in [0.2, 0.25) is 0 Å². The third kappa shape index (κ3) is 2.44. The Kier molecular flexibility index (Phi) is 3.97. The minimum Gasteiger partial charge on any atom is -0.300 e. The van der Waals surface area contributed by atoms with Crippen molar-refractivity contribution in [2.24, 2.45) is 11.8 Å². The Morgan fingerprint density at radius 3 is 2.82 bits per heavy atom. The van der Waals surface area contributed by atoms with Crippen LogP contribution in [0.5, 0.6) is 0 Å². The molecule has 1 unspecified atom stereocenters. The van der Waals surface area contributed by atoms with Gasteiger partial charge in [0.05, 0.1) is 5.92 Å². The van der Waals surface area contributed by atoms with E-state index in [2.05, 4.69) is 11.8 Å². The number of rotatable bonds is 3. The number of piperidine rings is 1. The Morgan fingerprint density at radius 2 is 2.18 bits per heavy atom. The van der Waals surface area contributed by atoms with Crippen LogP contribution in [-0.2, 0) is 9.59 Å². The molecule has 2 fully saturated rings. The van der Waals surface area contributed by atoms with Crippen molar-refractivity contribution in [2.45, 2.75) is 52.0 Å². The monoisotopic (exact) mass is 237 g/mol. The van der Waals surface area contributed by atoms with Crippen molar-refractivity contribution in [2.75, 3.05) is 13.1 Å². The fourth-order valence-electron chi connectivity index (χ4n) is 3.72. The van der Waals surface area contributed by atoms with Gasteiger partial charge < -0.3 is 4.90 Å². The van der Waals surface area contributed by atoms with Crippen LogP contribution in [0.3, 0.4) is 0 Å². The fraction of sp³-hybridized carbons (Fsp3) is 0.857. The summed E-state index contributed by atoms with van der Waals surface area (Å²) in [5.41, 5.74) is 0. The van der Waals surface area contributed by atoms with Crippen molar-refractivity contribution >= 4 is 11.6 Å². The van der Waals surface area contributed by atoms with Crippen LogP contribution >= 0.6 is 0 Å². The number of nitrogens with zero attached hydrogens (tertiary/aromatic N) is 1. The molecule has 1 aliphatic carbocycles. The average molecular weight is 237 g/mol. The van der Waals surface area contributed by atoms with E-state index in [0.29, 0.717) is 18.4 Å². The van der Waals surface area contributed by atoms with Crippen LogP contribution < -0.4 is 0 Å². The summed E-state index contributed by atoms with van der Waals surface area (Å²) in [6.45, 7) is 6.04. The van der Waals surface area contributed by atoms with Gasteiger partial charge in [-0.25, -0.2) is 0 Å². The smallest absolute Gasteiger partial charge is 0.143 e. The number of carbonyl (C=O) groups excluding carboxylic acids is 2. The third-order valence-corrected chi connectivity index (χ3v) is 4.36. The zero-order chi connectivity index (χ0) is 12.4. The first-order valence-corrected chi connectivity index (χ1v) is 6.92. The lowest BCUT2D eigenvalue weighted by atomic mass is 9.69. The molecule has 1 aliphatic heterocycles. The van der Waals surface area contributed by atoms with E-state index in [1.54, 1.807) is 6.92 Å². The largest absolute Gasteiger partial charge is 0.300 e. The molecule has 0 radical (unpaired) electrons. The summed E-state index contributed by atoms with van der Waals surface area (Å²) in [4.78, 5) is 26.1. The van der Waals surface area contributed by atoms with Crippen molar-refractivity contribution in [1.29, 1.82) is 0 Å². The Bertz CT molecular complexity index is 311. The van der Waals surface area contributed by atoms with Crippen LogP contribution in [0.15, 0.2) is 0 Å². The Morgan fingerprint density at radius 1 is 1.41 bits per heavy atom. The van der Waals surface area contributed by atoms with Gasteiger partial charge in [-0.2, -0.15) is 0 Å². The first-order chi connectivity index (χ1) is 8.15. The van der Waals surface area contributed by atoms with Crippen LogP contribution in [0.2, 0.25) is 0 Å². The number of hydrogen-bond acceptors (Lipinski definition) is 3. The number of hydrogen-bond donors (Lipinski definition) is 0. The molecule has 3 nitrogen and oxygen atoms in total. The Hall–Kier alpha value is -0.700. The van der Waals surface area contributed by atoms with E-state index in [-0.39, 0.29) is 17.5 Å². The summed E-state index contributed by atoms with van der Waals surface area (Å²) in [5, 5.41) is 0. The number of fused-ring (bicyclic) bond motifs is 1. The van der Waals surface area contributed by atoms with Gasteiger partial charge in [0, 0.05) is 12.5 Å². The highest BCUT2D eigenvalue weighted by atomic mass is 16.1. The molecule has 0 aromatic carbocycles. The SMILES string of the molecule is CCCN1CCC[C@H]2C(C(C)=O)C(=O)CC[C@@H]21. The lowest BCUT2D eigenvalue weighted by molar-refractivity contribution is -0.139. The number of likely N-dealkylation sites (tertiary alicyclic amines) is 1. The molecular formula is C14H23NO2. The van der Waals surface area contributed by atoms with E-state index in [1.165, 1.54) is 0 Å². The molecule has 1 saturated heterocycles. The molecule has 0 aromatic rings. The maximum absolute atomic E-state index is 11.9. The summed E-state index contributed by atoms with van der Waals surface area (Å²) in [5.74, 6) is 0.280. The fourth-order valence-corrected chi connectivity index (χ4v) is 3.72. The van der Waals surface area contributed by atoms with E-state index in [1.807, 2.05) is 0 Å². The number of ketones is 2. The highest BCUT2D eigenvalue weighted by Crippen LogP contribution is 2.38. The van der Waals surface area contributed by atoms with Crippen LogP contribution in [0.4, 0.5) is 0 Å². The zero-order valence-corrected chi connectivity index (χ0v) is 10.9. The van der Waals surface area contributed by atoms with Gasteiger partial charge in [-0.15, -0.1) is 0 Å². The predicted molar refractivity (Wildman–Crippen MR) is 66.8 cm³/mol. The maximum Gasteiger partial charge on any atom is 0.143 e. The van der Waals surface area contributed by atoms with Gasteiger partial charge in [-0.05, 0) is 51.6 Å². The molecule has 0 spiro atoms. The number of Topliss-reactive ketones (excluding diaryl/α,β-unsaturated/α-hetero) is 2. The molecule has 0 N–H and O–H groups in total. The van der Waals surface area contributed by atoms with E-state index in [9.17, 15) is 9.59 Å². The molecule has 2 aliphatic rings. The standard InChI is InChI=1S/C14H23NO2/c1-3-8-15-9-4-5-11-12(15)6-7-13(17)14(11)10(2)16/h11-12,14H,3-9H2,1-2H3/t11-,12+,14?/m1/s1. The third-order valence-electron chi connectivity index (χ3n) is 4.36. The molecule has 1 saturated carbocycles. The van der Waals surface area contributed by atoms with Crippen molar-refractivity contribution in [3.05, 3.63) is 0 Å². The van der Waals surface area contributed by atoms with E-state index < -0.39 is 0 Å². The average Bonchev–Trinajstić information content (AvgIpc) is 2.28. The quantitative estimate of drug-likeness (QED) is 0.705. The molecule has 17 heavy (non-hydrogen) atoms. The van der Waals surface area contributed by atoms with Crippen molar-refractivity contribution in [3.63, 3.8) is 0 Å². The van der Waals surface area contributed by atoms with Crippen molar-refractivity contribution in [1.82, 2.24) is 4.90 Å². The Labute approximate surface area is 104 Å². The molecular weight excluding hydrogens is 214 g/mol. The first-order valence-electron chi connectivity index (χ1n) is 6.92. The van der Waals surface area contributed by atoms with Gasteiger partial charge in [0.1, 0.15) is 11.6 Å². The van der Waals surface area contributed by atoms with Gasteiger partial charge in [-0.3, -0.25) is 9.59 Å². The van der Waals surface area contributed by atoms with Crippen LogP contribution in [0.25, 0.3) is 0 Å². The number of carbonyl (C=O) groups is 2. The molecule has 0 aromatic heterocycles. The van der Waals surface area contributed by atoms with Gasteiger partial charge in [0.25, 0.3) is 0 Å². The molecule has 96 valence electrons. The van der Waals surface area contributed by atoms with Crippen molar-refractivity contribution < 1.29 is 9.59 Å². The predicted octanol–water partition coefficient (Wildman–Crippen LogP) is 2.05. The topological polar surface area (TPSA) is 37.4 Å². The van der Waals surface area contributed by atoms with E-state index in [0.717, 1.165) is 38.8 Å². The summed E-state index contributed by atoms with van der Waals surface area (Å²) in [6.07, 6.45) is 4.92. The second kappa shape index (κ2) is 5.30. The summed E-state index contributed by atoms with van der Waals surface area (Å²) in [7, 11) is 0. The summed E-state index contributed by atoms with van der Waals surface area (Å²) >= 11 is 0. The molecule has 1 heterocycles. The lowest BCUT2D eigenvalue weighted by Gasteiger charge is -2.46. The Balaban J connectivity index is 2.16. The normalized spacial score (nSPS) is 34.5. The van der Waals surface area contributed by atoms with Gasteiger partial charge >= 0.3 is 0 Å². The minimum atomic E-state index is -0.298. The summed E-state index contributed by atoms with van der Waals surface area (Å²) < 4.78 is 0. The molecule has 0 bridgehead atoms.